The van der Waals surface area contributed by atoms with Crippen molar-refractivity contribution < 1.29 is 4.79 Å². The summed E-state index contributed by atoms with van der Waals surface area (Å²) >= 11 is 6.01. The third-order valence-electron chi connectivity index (χ3n) is 2.55. The van der Waals surface area contributed by atoms with E-state index in [0.29, 0.717) is 16.5 Å². The van der Waals surface area contributed by atoms with Crippen LogP contribution in [0.15, 0.2) is 18.2 Å². The number of nitrogens with two attached hydrogens (primary N) is 1. The lowest BCUT2D eigenvalue weighted by molar-refractivity contribution is -0.129. The van der Waals surface area contributed by atoms with Gasteiger partial charge in [-0.2, -0.15) is 0 Å². The number of rotatable bonds is 2. The predicted octanol–water partition coefficient (Wildman–Crippen LogP) is 1.36. The molecule has 0 aliphatic heterocycles. The number of hydrogen-bond acceptors (Lipinski definition) is 3. The van der Waals surface area contributed by atoms with Crippen molar-refractivity contribution in [2.45, 2.75) is 6.54 Å². The minimum absolute atomic E-state index is 0.0454. The molecule has 0 fully saturated rings. The van der Waals surface area contributed by atoms with Crippen molar-refractivity contribution in [1.82, 2.24) is 14.5 Å². The van der Waals surface area contributed by atoms with E-state index in [9.17, 15) is 4.79 Å². The van der Waals surface area contributed by atoms with Crippen molar-refractivity contribution in [2.24, 2.45) is 0 Å². The van der Waals surface area contributed by atoms with Gasteiger partial charge in [0.15, 0.2) is 0 Å². The smallest absolute Gasteiger partial charge is 0.242 e. The molecule has 0 unspecified atom stereocenters. The van der Waals surface area contributed by atoms with E-state index in [1.807, 2.05) is 12.1 Å². The second kappa shape index (κ2) is 4.25. The molecular weight excluding hydrogens is 240 g/mol. The van der Waals surface area contributed by atoms with Crippen molar-refractivity contribution in [3.63, 3.8) is 0 Å². The Morgan fingerprint density at radius 3 is 2.88 bits per heavy atom. The quantitative estimate of drug-likeness (QED) is 0.878. The summed E-state index contributed by atoms with van der Waals surface area (Å²) < 4.78 is 1.66. The highest BCUT2D eigenvalue weighted by molar-refractivity contribution is 6.35. The lowest BCUT2D eigenvalue weighted by atomic mass is 10.3. The van der Waals surface area contributed by atoms with Crippen molar-refractivity contribution >= 4 is 34.5 Å². The molecule has 0 saturated carbocycles. The number of nitrogen functional groups attached to an aromatic ring is 1. The standard InChI is InChI=1S/C11H13ClN4O/c1-15(2)9(17)6-16-8-5-3-4-7(12)10(8)14-11(16)13/h3-5H,6H2,1-2H3,(H2,13,14). The molecule has 1 aromatic carbocycles. The van der Waals surface area contributed by atoms with Crippen LogP contribution in [0.25, 0.3) is 11.0 Å². The maximum atomic E-state index is 11.7. The van der Waals surface area contributed by atoms with E-state index in [4.69, 9.17) is 17.3 Å². The number of amides is 1. The van der Waals surface area contributed by atoms with Gasteiger partial charge in [-0.15, -0.1) is 0 Å². The third kappa shape index (κ3) is 2.06. The number of imidazole rings is 1. The van der Waals surface area contributed by atoms with E-state index >= 15 is 0 Å². The first kappa shape index (κ1) is 11.7. The second-order valence-electron chi connectivity index (χ2n) is 3.95. The molecule has 5 nitrogen and oxygen atoms in total. The van der Waals surface area contributed by atoms with Gasteiger partial charge in [-0.25, -0.2) is 4.98 Å². The highest BCUT2D eigenvalue weighted by atomic mass is 35.5. The molecule has 1 heterocycles. The molecule has 0 radical (unpaired) electrons. The van der Waals surface area contributed by atoms with Gasteiger partial charge in [0.1, 0.15) is 12.1 Å². The van der Waals surface area contributed by atoms with Crippen LogP contribution in [0.3, 0.4) is 0 Å². The number of halogens is 1. The molecule has 17 heavy (non-hydrogen) atoms. The first-order chi connectivity index (χ1) is 8.00. The molecular formula is C11H13ClN4O. The Morgan fingerprint density at radius 1 is 1.53 bits per heavy atom. The SMILES string of the molecule is CN(C)C(=O)Cn1c(N)nc2c(Cl)cccc21. The highest BCUT2D eigenvalue weighted by Gasteiger charge is 2.14. The van der Waals surface area contributed by atoms with Crippen molar-refractivity contribution in [2.75, 3.05) is 19.8 Å². The van der Waals surface area contributed by atoms with Crippen LogP contribution >= 0.6 is 11.6 Å². The largest absolute Gasteiger partial charge is 0.369 e. The molecule has 2 N–H and O–H groups in total. The van der Waals surface area contributed by atoms with Gasteiger partial charge in [-0.3, -0.25) is 4.79 Å². The minimum Gasteiger partial charge on any atom is -0.369 e. The maximum Gasteiger partial charge on any atom is 0.242 e. The molecule has 0 saturated heterocycles. The molecule has 0 bridgehead atoms. The Labute approximate surface area is 104 Å². The van der Waals surface area contributed by atoms with Gasteiger partial charge in [-0.1, -0.05) is 17.7 Å². The summed E-state index contributed by atoms with van der Waals surface area (Å²) in [7, 11) is 3.40. The molecule has 1 amide bonds. The number of carbonyl (C=O) groups is 1. The number of fused-ring (bicyclic) bond motifs is 1. The van der Waals surface area contributed by atoms with E-state index in [2.05, 4.69) is 4.98 Å². The van der Waals surface area contributed by atoms with Crippen LogP contribution in [0.2, 0.25) is 5.02 Å². The Morgan fingerprint density at radius 2 is 2.24 bits per heavy atom. The fraction of sp³-hybridized carbons (Fsp3) is 0.273. The molecule has 90 valence electrons. The van der Waals surface area contributed by atoms with Crippen LogP contribution < -0.4 is 5.73 Å². The number of benzene rings is 1. The van der Waals surface area contributed by atoms with Crippen LogP contribution in [0, 0.1) is 0 Å². The summed E-state index contributed by atoms with van der Waals surface area (Å²) in [4.78, 5) is 17.4. The van der Waals surface area contributed by atoms with E-state index in [-0.39, 0.29) is 12.5 Å². The lowest BCUT2D eigenvalue weighted by Gasteiger charge is -2.11. The molecule has 2 aromatic rings. The summed E-state index contributed by atoms with van der Waals surface area (Å²) in [5, 5.41) is 0.533. The second-order valence-corrected chi connectivity index (χ2v) is 4.36. The van der Waals surface area contributed by atoms with Crippen LogP contribution in [-0.2, 0) is 11.3 Å². The number of aromatic nitrogens is 2. The van der Waals surface area contributed by atoms with Crippen LogP contribution in [-0.4, -0.2) is 34.5 Å². The molecule has 0 aliphatic rings. The van der Waals surface area contributed by atoms with E-state index in [0.717, 1.165) is 5.52 Å². The highest BCUT2D eigenvalue weighted by Crippen LogP contribution is 2.24. The van der Waals surface area contributed by atoms with Crippen molar-refractivity contribution in [3.8, 4) is 0 Å². The van der Waals surface area contributed by atoms with Gasteiger partial charge in [0.2, 0.25) is 11.9 Å². The first-order valence-electron chi connectivity index (χ1n) is 5.11. The third-order valence-corrected chi connectivity index (χ3v) is 2.86. The summed E-state index contributed by atoms with van der Waals surface area (Å²) in [6.07, 6.45) is 0. The summed E-state index contributed by atoms with van der Waals surface area (Å²) in [6.45, 7) is 0.162. The van der Waals surface area contributed by atoms with Gasteiger partial charge >= 0.3 is 0 Å². The lowest BCUT2D eigenvalue weighted by Crippen LogP contribution is -2.26. The van der Waals surface area contributed by atoms with Crippen LogP contribution in [0.4, 0.5) is 5.95 Å². The first-order valence-corrected chi connectivity index (χ1v) is 5.49. The van der Waals surface area contributed by atoms with Crippen molar-refractivity contribution in [1.29, 1.82) is 0 Å². The Bertz CT molecular complexity index is 576. The molecule has 6 heteroatoms. The van der Waals surface area contributed by atoms with E-state index < -0.39 is 0 Å². The minimum atomic E-state index is -0.0454. The summed E-state index contributed by atoms with van der Waals surface area (Å²) in [5.41, 5.74) is 7.19. The topological polar surface area (TPSA) is 64.2 Å². The number of hydrogen-bond donors (Lipinski definition) is 1. The zero-order chi connectivity index (χ0) is 12.6. The van der Waals surface area contributed by atoms with Gasteiger partial charge in [-0.05, 0) is 12.1 Å². The zero-order valence-electron chi connectivity index (χ0n) is 9.64. The van der Waals surface area contributed by atoms with Crippen molar-refractivity contribution in [3.05, 3.63) is 23.2 Å². The average molecular weight is 253 g/mol. The number of para-hydroxylation sites is 1. The van der Waals surface area contributed by atoms with Crippen LogP contribution in [0.5, 0.6) is 0 Å². The number of anilines is 1. The summed E-state index contributed by atoms with van der Waals surface area (Å²) in [5.74, 6) is 0.249. The van der Waals surface area contributed by atoms with Gasteiger partial charge in [0.05, 0.1) is 10.5 Å². The number of nitrogens with zero attached hydrogens (tertiary/aromatic N) is 3. The molecule has 0 aliphatic carbocycles. The molecule has 0 spiro atoms. The molecule has 0 atom stereocenters. The fourth-order valence-electron chi connectivity index (χ4n) is 1.57. The molecule has 1 aromatic heterocycles. The fourth-order valence-corrected chi connectivity index (χ4v) is 1.79. The number of carbonyl (C=O) groups excluding carboxylic acids is 1. The Kier molecular flexibility index (Phi) is 2.93. The van der Waals surface area contributed by atoms with Gasteiger partial charge in [0, 0.05) is 14.1 Å². The maximum absolute atomic E-state index is 11.7. The van der Waals surface area contributed by atoms with E-state index in [1.54, 1.807) is 24.7 Å². The number of likely N-dealkylation sites (N-methyl/N-ethyl adjacent to an activating group) is 1. The molecule has 2 rings (SSSR count). The summed E-state index contributed by atoms with van der Waals surface area (Å²) in [6, 6.07) is 5.39. The van der Waals surface area contributed by atoms with Gasteiger partial charge in [0.25, 0.3) is 0 Å². The van der Waals surface area contributed by atoms with Gasteiger partial charge < -0.3 is 15.2 Å². The normalized spacial score (nSPS) is 10.8. The Hall–Kier alpha value is -1.75. The zero-order valence-corrected chi connectivity index (χ0v) is 10.4. The Balaban J connectivity index is 2.50. The predicted molar refractivity (Wildman–Crippen MR) is 67.8 cm³/mol. The van der Waals surface area contributed by atoms with E-state index in [1.165, 1.54) is 4.90 Å². The average Bonchev–Trinajstić information content (AvgIpc) is 2.58. The van der Waals surface area contributed by atoms with Crippen LogP contribution in [0.1, 0.15) is 0 Å². The monoisotopic (exact) mass is 252 g/mol.